The Labute approximate surface area is 60.5 Å². The predicted octanol–water partition coefficient (Wildman–Crippen LogP) is 0.733. The van der Waals surface area contributed by atoms with Gasteiger partial charge in [-0.2, -0.15) is 0 Å². The maximum Gasteiger partial charge on any atom is 0.0132 e. The van der Waals surface area contributed by atoms with Crippen molar-refractivity contribution >= 4 is 12.2 Å². The van der Waals surface area contributed by atoms with Crippen LogP contribution in [0.25, 0.3) is 12.2 Å². The van der Waals surface area contributed by atoms with Crippen molar-refractivity contribution in [2.45, 2.75) is 6.42 Å². The Morgan fingerprint density at radius 3 is 2.70 bits per heavy atom. The van der Waals surface area contributed by atoms with Gasteiger partial charge in [0.2, 0.25) is 0 Å². The van der Waals surface area contributed by atoms with Gasteiger partial charge in [-0.1, -0.05) is 36.4 Å². The molecule has 0 nitrogen and oxygen atoms in total. The molecule has 0 heterocycles. The molecule has 2 rings (SSSR count). The van der Waals surface area contributed by atoms with E-state index >= 15 is 0 Å². The fourth-order valence-electron chi connectivity index (χ4n) is 1.17. The lowest BCUT2D eigenvalue weighted by atomic mass is 10.1. The van der Waals surface area contributed by atoms with Gasteiger partial charge in [-0.05, 0) is 16.9 Å². The van der Waals surface area contributed by atoms with Crippen LogP contribution in [0, 0.1) is 6.42 Å². The lowest BCUT2D eigenvalue weighted by molar-refractivity contribution is 1.33. The third-order valence-electron chi connectivity index (χ3n) is 1.69. The van der Waals surface area contributed by atoms with E-state index in [1.165, 1.54) is 10.4 Å². The standard InChI is InChI=1S/C10H8/c1-2-6-10-8-4-3-7-9(10)5-1/h1-2,5-8H,3H2. The van der Waals surface area contributed by atoms with Gasteiger partial charge in [0.05, 0.1) is 0 Å². The first-order chi connectivity index (χ1) is 4.97. The number of hydrogen-bond acceptors (Lipinski definition) is 0. The fraction of sp³-hybridized carbons (Fsp3) is 0.100. The van der Waals surface area contributed by atoms with E-state index in [0.29, 0.717) is 0 Å². The predicted molar refractivity (Wildman–Crippen MR) is 42.5 cm³/mol. The van der Waals surface area contributed by atoms with Gasteiger partial charge in [0.15, 0.2) is 0 Å². The van der Waals surface area contributed by atoms with Gasteiger partial charge in [-0.3, -0.25) is 0 Å². The monoisotopic (exact) mass is 128 g/mol. The van der Waals surface area contributed by atoms with E-state index in [1.807, 2.05) is 0 Å². The van der Waals surface area contributed by atoms with E-state index in [-0.39, 0.29) is 0 Å². The molecule has 0 saturated heterocycles. The van der Waals surface area contributed by atoms with Crippen LogP contribution in [-0.4, -0.2) is 0 Å². The molecule has 0 aromatic heterocycles. The first-order valence-electron chi connectivity index (χ1n) is 3.46. The summed E-state index contributed by atoms with van der Waals surface area (Å²) in [6.07, 6.45) is 8.36. The molecule has 0 heteroatoms. The average Bonchev–Trinajstić information content (AvgIpc) is 2.05. The highest BCUT2D eigenvalue weighted by molar-refractivity contribution is 5.44. The second-order valence-electron chi connectivity index (χ2n) is 2.39. The largest absolute Gasteiger partial charge is 0.0757 e. The second-order valence-corrected chi connectivity index (χ2v) is 2.39. The van der Waals surface area contributed by atoms with Crippen molar-refractivity contribution in [2.24, 2.45) is 0 Å². The first kappa shape index (κ1) is 5.72. The Morgan fingerprint density at radius 1 is 1.10 bits per heavy atom. The van der Waals surface area contributed by atoms with Crippen molar-refractivity contribution in [3.63, 3.8) is 0 Å². The summed E-state index contributed by atoms with van der Waals surface area (Å²) in [6.45, 7) is 0. The molecule has 1 aliphatic carbocycles. The molecule has 0 spiro atoms. The summed E-state index contributed by atoms with van der Waals surface area (Å²) >= 11 is 0. The summed E-state index contributed by atoms with van der Waals surface area (Å²) in [7, 11) is 0. The second kappa shape index (κ2) is 2.30. The minimum Gasteiger partial charge on any atom is -0.0757 e. The molecule has 0 fully saturated rings. The van der Waals surface area contributed by atoms with Gasteiger partial charge >= 0.3 is 0 Å². The van der Waals surface area contributed by atoms with Crippen LogP contribution >= 0.6 is 0 Å². The topological polar surface area (TPSA) is 0 Å². The zero-order chi connectivity index (χ0) is 6.81. The maximum absolute atomic E-state index is 3.16. The van der Waals surface area contributed by atoms with Crippen LogP contribution in [0.4, 0.5) is 0 Å². The summed E-state index contributed by atoms with van der Waals surface area (Å²) in [6, 6.07) is 8.36. The van der Waals surface area contributed by atoms with Crippen LogP contribution in [0.5, 0.6) is 0 Å². The minimum atomic E-state index is 0.955. The summed E-state index contributed by atoms with van der Waals surface area (Å²) < 4.78 is 0. The Hall–Kier alpha value is -1.04. The molecule has 2 radical (unpaired) electrons. The molecule has 0 aliphatic heterocycles. The van der Waals surface area contributed by atoms with Gasteiger partial charge in [0, 0.05) is 6.42 Å². The van der Waals surface area contributed by atoms with E-state index in [0.717, 1.165) is 6.42 Å². The quantitative estimate of drug-likeness (QED) is 0.483. The first-order valence-corrected chi connectivity index (χ1v) is 3.46. The third kappa shape index (κ3) is 0.860. The molecule has 0 amide bonds. The van der Waals surface area contributed by atoms with Gasteiger partial charge < -0.3 is 0 Å². The minimum absolute atomic E-state index is 0.955. The van der Waals surface area contributed by atoms with Crippen molar-refractivity contribution in [3.8, 4) is 0 Å². The van der Waals surface area contributed by atoms with E-state index in [1.54, 1.807) is 0 Å². The molecule has 1 aromatic carbocycles. The van der Waals surface area contributed by atoms with Crippen LogP contribution in [0.2, 0.25) is 0 Å². The van der Waals surface area contributed by atoms with E-state index in [2.05, 4.69) is 42.8 Å². The number of fused-ring (bicyclic) bond motifs is 1. The van der Waals surface area contributed by atoms with Crippen LogP contribution in [0.3, 0.4) is 0 Å². The lowest BCUT2D eigenvalue weighted by Crippen LogP contribution is -2.25. The van der Waals surface area contributed by atoms with Crippen LogP contribution in [-0.2, 0) is 0 Å². The van der Waals surface area contributed by atoms with Crippen molar-refractivity contribution in [2.75, 3.05) is 0 Å². The highest BCUT2D eigenvalue weighted by atomic mass is 13.9. The number of benzene rings is 1. The zero-order valence-electron chi connectivity index (χ0n) is 5.67. The van der Waals surface area contributed by atoms with Crippen molar-refractivity contribution in [1.29, 1.82) is 0 Å². The average molecular weight is 128 g/mol. The molecule has 48 valence electrons. The Kier molecular flexibility index (Phi) is 1.31. The summed E-state index contributed by atoms with van der Waals surface area (Å²) in [5.41, 5.74) is 0. The summed E-state index contributed by atoms with van der Waals surface area (Å²) in [4.78, 5) is 0. The van der Waals surface area contributed by atoms with Crippen LogP contribution in [0.1, 0.15) is 6.42 Å². The SMILES string of the molecule is [C]1C=c2ccccc2=CC1. The normalized spacial score (nSPS) is 14.8. The number of hydrogen-bond donors (Lipinski definition) is 0. The van der Waals surface area contributed by atoms with Gasteiger partial charge in [0.25, 0.3) is 0 Å². The highest BCUT2D eigenvalue weighted by Crippen LogP contribution is 1.92. The van der Waals surface area contributed by atoms with E-state index < -0.39 is 0 Å². The summed E-state index contributed by atoms with van der Waals surface area (Å²) in [5, 5.41) is 2.62. The molecule has 0 N–H and O–H groups in total. The van der Waals surface area contributed by atoms with Crippen molar-refractivity contribution in [3.05, 3.63) is 41.1 Å². The zero-order valence-corrected chi connectivity index (χ0v) is 5.67. The van der Waals surface area contributed by atoms with Crippen LogP contribution < -0.4 is 10.4 Å². The molecule has 0 bridgehead atoms. The van der Waals surface area contributed by atoms with Crippen LogP contribution in [0.15, 0.2) is 24.3 Å². The fourth-order valence-corrected chi connectivity index (χ4v) is 1.17. The Balaban J connectivity index is 2.84. The molecular formula is C10H8. The molecular weight excluding hydrogens is 120 g/mol. The molecule has 1 aromatic rings. The smallest absolute Gasteiger partial charge is 0.0132 e. The highest BCUT2D eigenvalue weighted by Gasteiger charge is 1.89. The number of rotatable bonds is 0. The van der Waals surface area contributed by atoms with Gasteiger partial charge in [-0.15, -0.1) is 0 Å². The maximum atomic E-state index is 3.16. The molecule has 10 heavy (non-hydrogen) atoms. The molecule has 0 unspecified atom stereocenters. The van der Waals surface area contributed by atoms with Crippen molar-refractivity contribution in [1.82, 2.24) is 0 Å². The van der Waals surface area contributed by atoms with E-state index in [9.17, 15) is 0 Å². The molecule has 0 atom stereocenters. The van der Waals surface area contributed by atoms with Crippen molar-refractivity contribution < 1.29 is 0 Å². The van der Waals surface area contributed by atoms with Gasteiger partial charge in [-0.25, -0.2) is 0 Å². The summed E-state index contributed by atoms with van der Waals surface area (Å²) in [5.74, 6) is 0. The molecule has 0 saturated carbocycles. The van der Waals surface area contributed by atoms with Gasteiger partial charge in [0.1, 0.15) is 0 Å². The Bertz CT molecular complexity index is 298. The third-order valence-corrected chi connectivity index (χ3v) is 1.69. The Morgan fingerprint density at radius 2 is 1.90 bits per heavy atom. The van der Waals surface area contributed by atoms with E-state index in [4.69, 9.17) is 0 Å². The lowest BCUT2D eigenvalue weighted by Gasteiger charge is -1.96. The molecule has 1 aliphatic rings.